The van der Waals surface area contributed by atoms with E-state index < -0.39 is 12.4 Å². The molecule has 70 valence electrons. The maximum atomic E-state index is 9.43. The van der Waals surface area contributed by atoms with Gasteiger partial charge in [0, 0.05) is 5.33 Å². The summed E-state index contributed by atoms with van der Waals surface area (Å²) in [5.41, 5.74) is 0. The van der Waals surface area contributed by atoms with Crippen LogP contribution in [-0.4, -0.2) is 22.8 Å². The van der Waals surface area contributed by atoms with Crippen LogP contribution in [0, 0.1) is 0 Å². The number of alkyl halides is 1. The molecule has 0 spiro atoms. The van der Waals surface area contributed by atoms with Crippen molar-refractivity contribution in [3.05, 3.63) is 24.3 Å². The largest absolute Gasteiger partial charge is 0.448 e. The zero-order valence-electron chi connectivity index (χ0n) is 6.81. The number of fused-ring (bicyclic) bond motifs is 1. The molecule has 0 radical (unpaired) electrons. The van der Waals surface area contributed by atoms with Crippen molar-refractivity contribution in [2.24, 2.45) is 0 Å². The lowest BCUT2D eigenvalue weighted by Crippen LogP contribution is -2.34. The molecule has 1 N–H and O–H groups in total. The van der Waals surface area contributed by atoms with Crippen LogP contribution in [0.4, 0.5) is 0 Å². The van der Waals surface area contributed by atoms with Gasteiger partial charge in [-0.25, -0.2) is 0 Å². The van der Waals surface area contributed by atoms with Crippen LogP contribution in [0.25, 0.3) is 0 Å². The van der Waals surface area contributed by atoms with Crippen LogP contribution in [-0.2, 0) is 0 Å². The SMILES string of the molecule is OC(CBr)C1Oc2ccccc2O1. The van der Waals surface area contributed by atoms with Crippen LogP contribution < -0.4 is 9.47 Å². The molecule has 0 aliphatic carbocycles. The zero-order valence-corrected chi connectivity index (χ0v) is 8.40. The molecule has 0 aromatic heterocycles. The molecule has 0 fully saturated rings. The predicted octanol–water partition coefficient (Wildman–Crippen LogP) is 1.54. The molecule has 0 saturated heterocycles. The van der Waals surface area contributed by atoms with Crippen LogP contribution >= 0.6 is 15.9 Å². The first-order chi connectivity index (χ1) is 6.31. The third-order valence-electron chi connectivity index (χ3n) is 1.81. The summed E-state index contributed by atoms with van der Waals surface area (Å²) in [6, 6.07) is 7.36. The highest BCUT2D eigenvalue weighted by Crippen LogP contribution is 2.34. The van der Waals surface area contributed by atoms with Gasteiger partial charge >= 0.3 is 0 Å². The van der Waals surface area contributed by atoms with E-state index in [2.05, 4.69) is 15.9 Å². The Hall–Kier alpha value is -0.740. The third-order valence-corrected chi connectivity index (χ3v) is 2.47. The van der Waals surface area contributed by atoms with Crippen molar-refractivity contribution in [1.29, 1.82) is 0 Å². The molecule has 1 atom stereocenters. The van der Waals surface area contributed by atoms with Gasteiger partial charge in [0.05, 0.1) is 0 Å². The second-order valence-electron chi connectivity index (χ2n) is 2.77. The second-order valence-corrected chi connectivity index (χ2v) is 3.42. The molecule has 1 aromatic rings. The number of rotatable bonds is 2. The lowest BCUT2D eigenvalue weighted by atomic mass is 10.3. The van der Waals surface area contributed by atoms with Crippen LogP contribution in [0.15, 0.2) is 24.3 Å². The Morgan fingerprint density at radius 1 is 1.31 bits per heavy atom. The van der Waals surface area contributed by atoms with E-state index >= 15 is 0 Å². The van der Waals surface area contributed by atoms with Crippen LogP contribution in [0.5, 0.6) is 11.5 Å². The predicted molar refractivity (Wildman–Crippen MR) is 51.3 cm³/mol. The number of ether oxygens (including phenoxy) is 2. The fraction of sp³-hybridized carbons (Fsp3) is 0.333. The van der Waals surface area contributed by atoms with Crippen molar-refractivity contribution in [2.45, 2.75) is 12.4 Å². The number of benzene rings is 1. The maximum absolute atomic E-state index is 9.43. The first kappa shape index (κ1) is 8.84. The van der Waals surface area contributed by atoms with Crippen molar-refractivity contribution < 1.29 is 14.6 Å². The Bertz CT molecular complexity index is 278. The minimum Gasteiger partial charge on any atom is -0.448 e. The molecule has 3 nitrogen and oxygen atoms in total. The summed E-state index contributed by atoms with van der Waals surface area (Å²) in [7, 11) is 0. The van der Waals surface area contributed by atoms with Gasteiger partial charge in [0.2, 0.25) is 0 Å². The number of aliphatic hydroxyl groups excluding tert-OH is 1. The lowest BCUT2D eigenvalue weighted by molar-refractivity contribution is -0.0468. The Labute approximate surface area is 84.4 Å². The van der Waals surface area contributed by atoms with Gasteiger partial charge in [0.1, 0.15) is 6.10 Å². The van der Waals surface area contributed by atoms with E-state index in [0.29, 0.717) is 16.8 Å². The van der Waals surface area contributed by atoms with Crippen molar-refractivity contribution in [1.82, 2.24) is 0 Å². The molecule has 1 aromatic carbocycles. The number of para-hydroxylation sites is 2. The Morgan fingerprint density at radius 2 is 1.85 bits per heavy atom. The number of hydrogen-bond acceptors (Lipinski definition) is 3. The smallest absolute Gasteiger partial charge is 0.267 e. The van der Waals surface area contributed by atoms with Gasteiger partial charge in [-0.3, -0.25) is 0 Å². The van der Waals surface area contributed by atoms with E-state index in [1.165, 1.54) is 0 Å². The molecule has 13 heavy (non-hydrogen) atoms. The Morgan fingerprint density at radius 3 is 2.31 bits per heavy atom. The highest BCUT2D eigenvalue weighted by Gasteiger charge is 2.29. The fourth-order valence-electron chi connectivity index (χ4n) is 1.15. The molecule has 2 rings (SSSR count). The van der Waals surface area contributed by atoms with E-state index in [9.17, 15) is 5.11 Å². The summed E-state index contributed by atoms with van der Waals surface area (Å²) in [6.45, 7) is 0. The van der Waals surface area contributed by atoms with Gasteiger partial charge in [-0.1, -0.05) is 28.1 Å². The highest BCUT2D eigenvalue weighted by atomic mass is 79.9. The maximum Gasteiger partial charge on any atom is 0.267 e. The molecule has 0 amide bonds. The Balaban J connectivity index is 2.14. The third kappa shape index (κ3) is 1.64. The summed E-state index contributed by atoms with van der Waals surface area (Å²) in [5, 5.41) is 9.87. The zero-order chi connectivity index (χ0) is 9.26. The normalized spacial score (nSPS) is 17.4. The fourth-order valence-corrected chi connectivity index (χ4v) is 1.45. The number of hydrogen-bond donors (Lipinski definition) is 1. The van der Waals surface area contributed by atoms with Crippen molar-refractivity contribution in [3.63, 3.8) is 0 Å². The Kier molecular flexibility index (Phi) is 2.42. The average Bonchev–Trinajstić information content (AvgIpc) is 2.59. The van der Waals surface area contributed by atoms with Gasteiger partial charge in [0.25, 0.3) is 6.29 Å². The summed E-state index contributed by atoms with van der Waals surface area (Å²) < 4.78 is 10.7. The average molecular weight is 245 g/mol. The summed E-state index contributed by atoms with van der Waals surface area (Å²) in [4.78, 5) is 0. The van der Waals surface area contributed by atoms with Crippen molar-refractivity contribution >= 4 is 15.9 Å². The van der Waals surface area contributed by atoms with Gasteiger partial charge in [0.15, 0.2) is 11.5 Å². The molecule has 0 bridgehead atoms. The van der Waals surface area contributed by atoms with Gasteiger partial charge in [-0.2, -0.15) is 0 Å². The van der Waals surface area contributed by atoms with Crippen molar-refractivity contribution in [2.75, 3.05) is 5.33 Å². The molecule has 1 heterocycles. The molecule has 4 heteroatoms. The van der Waals surface area contributed by atoms with Gasteiger partial charge in [-0.05, 0) is 12.1 Å². The first-order valence-electron chi connectivity index (χ1n) is 3.97. The van der Waals surface area contributed by atoms with Gasteiger partial charge < -0.3 is 14.6 Å². The topological polar surface area (TPSA) is 38.7 Å². The summed E-state index contributed by atoms with van der Waals surface area (Å²) >= 11 is 3.16. The number of aliphatic hydroxyl groups is 1. The van der Waals surface area contributed by atoms with E-state index in [-0.39, 0.29) is 0 Å². The monoisotopic (exact) mass is 244 g/mol. The van der Waals surface area contributed by atoms with Crippen LogP contribution in [0.1, 0.15) is 0 Å². The molecule has 1 aliphatic heterocycles. The standard InChI is InChI=1S/C9H9BrO3/c10-5-6(11)9-12-7-3-1-2-4-8(7)13-9/h1-4,6,9,11H,5H2. The molecule has 1 aliphatic rings. The molecule has 1 unspecified atom stereocenters. The van der Waals surface area contributed by atoms with Crippen LogP contribution in [0.3, 0.4) is 0 Å². The van der Waals surface area contributed by atoms with Crippen LogP contribution in [0.2, 0.25) is 0 Å². The van der Waals surface area contributed by atoms with E-state index in [1.807, 2.05) is 24.3 Å². The second kappa shape index (κ2) is 3.55. The van der Waals surface area contributed by atoms with E-state index in [1.54, 1.807) is 0 Å². The lowest BCUT2D eigenvalue weighted by Gasteiger charge is -2.14. The first-order valence-corrected chi connectivity index (χ1v) is 5.10. The molecule has 0 saturated carbocycles. The number of halogens is 1. The summed E-state index contributed by atoms with van der Waals surface area (Å²) in [6.07, 6.45) is -1.23. The quantitative estimate of drug-likeness (QED) is 0.803. The van der Waals surface area contributed by atoms with E-state index in [4.69, 9.17) is 9.47 Å². The minimum absolute atomic E-state index is 0.436. The van der Waals surface area contributed by atoms with E-state index in [0.717, 1.165) is 0 Å². The minimum atomic E-state index is -0.646. The highest BCUT2D eigenvalue weighted by molar-refractivity contribution is 9.09. The van der Waals surface area contributed by atoms with Crippen molar-refractivity contribution in [3.8, 4) is 11.5 Å². The molecular weight excluding hydrogens is 236 g/mol. The molecular formula is C9H9BrO3. The summed E-state index contributed by atoms with van der Waals surface area (Å²) in [5.74, 6) is 1.38. The van der Waals surface area contributed by atoms with Gasteiger partial charge in [-0.15, -0.1) is 0 Å².